The molecule has 0 amide bonds. The van der Waals surface area contributed by atoms with Crippen LogP contribution in [-0.2, 0) is 30.9 Å². The van der Waals surface area contributed by atoms with Gasteiger partial charge < -0.3 is 4.57 Å². The molecule has 1 aromatic heterocycles. The zero-order chi connectivity index (χ0) is 26.3. The van der Waals surface area contributed by atoms with Crippen molar-refractivity contribution in [2.24, 2.45) is 7.05 Å². The van der Waals surface area contributed by atoms with Crippen LogP contribution >= 0.6 is 11.8 Å². The molecule has 36 heavy (non-hydrogen) atoms. The third-order valence-corrected chi connectivity index (χ3v) is 7.01. The van der Waals surface area contributed by atoms with Crippen molar-refractivity contribution in [1.29, 1.82) is 0 Å². The quantitative estimate of drug-likeness (QED) is 0.248. The van der Waals surface area contributed by atoms with E-state index in [1.807, 2.05) is 43.3 Å². The summed E-state index contributed by atoms with van der Waals surface area (Å²) in [6.45, 7) is 1.94. The third-order valence-electron chi connectivity index (χ3n) is 5.99. The van der Waals surface area contributed by atoms with Gasteiger partial charge in [0.2, 0.25) is 0 Å². The molecule has 0 unspecified atom stereocenters. The Labute approximate surface area is 207 Å². The minimum absolute atomic E-state index is 0.0922. The maximum atomic E-state index is 13.2. The van der Waals surface area contributed by atoms with E-state index in [0.717, 1.165) is 46.0 Å². The van der Waals surface area contributed by atoms with E-state index in [1.54, 1.807) is 19.2 Å². The number of nitrogens with zero attached hydrogens (tertiary/aromatic N) is 1. The number of halogens is 6. The molecule has 0 atom stereocenters. The highest BCUT2D eigenvalue weighted by molar-refractivity contribution is 7.97. The maximum Gasteiger partial charge on any atom is 0.416 e. The highest BCUT2D eigenvalue weighted by atomic mass is 32.2. The number of thioether (sulfide) groups is 1. The van der Waals surface area contributed by atoms with Crippen LogP contribution in [0, 0.1) is 6.92 Å². The first-order valence-corrected chi connectivity index (χ1v) is 12.1. The lowest BCUT2D eigenvalue weighted by molar-refractivity contribution is -0.143. The monoisotopic (exact) mass is 521 g/mol. The van der Waals surface area contributed by atoms with Gasteiger partial charge in [0.05, 0.1) is 11.1 Å². The van der Waals surface area contributed by atoms with Gasteiger partial charge in [0, 0.05) is 35.2 Å². The van der Waals surface area contributed by atoms with E-state index in [2.05, 4.69) is 0 Å². The van der Waals surface area contributed by atoms with E-state index in [1.165, 1.54) is 4.57 Å². The molecule has 188 valence electrons. The summed E-state index contributed by atoms with van der Waals surface area (Å²) in [6.07, 6.45) is -9.80. The van der Waals surface area contributed by atoms with Crippen LogP contribution in [0.5, 0.6) is 0 Å². The second-order valence-electron chi connectivity index (χ2n) is 8.45. The number of alkyl halides is 6. The predicted molar refractivity (Wildman–Crippen MR) is 131 cm³/mol. The second-order valence-corrected chi connectivity index (χ2v) is 9.44. The van der Waals surface area contributed by atoms with Crippen LogP contribution in [0.2, 0.25) is 0 Å². The van der Waals surface area contributed by atoms with Crippen LogP contribution in [-0.4, -0.2) is 4.57 Å². The molecule has 4 aromatic rings. The van der Waals surface area contributed by atoms with Crippen molar-refractivity contribution >= 4 is 22.5 Å². The Morgan fingerprint density at radius 3 is 1.92 bits per heavy atom. The molecular weight excluding hydrogens is 500 g/mol. The normalized spacial score (nSPS) is 12.3. The zero-order valence-electron chi connectivity index (χ0n) is 19.3. The lowest BCUT2D eigenvalue weighted by Gasteiger charge is -2.19. The summed E-state index contributed by atoms with van der Waals surface area (Å²) >= 11 is 1.15. The zero-order valence-corrected chi connectivity index (χ0v) is 20.1. The van der Waals surface area contributed by atoms with Gasteiger partial charge in [-0.15, -0.1) is 0 Å². The van der Waals surface area contributed by atoms with Crippen LogP contribution < -0.4 is 5.56 Å². The van der Waals surface area contributed by atoms with Gasteiger partial charge in [-0.3, -0.25) is 4.79 Å². The molecule has 9 heteroatoms. The smallest absolute Gasteiger partial charge is 0.314 e. The first-order chi connectivity index (χ1) is 16.9. The second kappa shape index (κ2) is 9.69. The molecule has 0 bridgehead atoms. The average molecular weight is 522 g/mol. The molecule has 1 heterocycles. The third kappa shape index (κ3) is 5.16. The van der Waals surface area contributed by atoms with E-state index in [0.29, 0.717) is 11.1 Å². The van der Waals surface area contributed by atoms with E-state index >= 15 is 0 Å². The summed E-state index contributed by atoms with van der Waals surface area (Å²) in [6, 6.07) is 16.4. The van der Waals surface area contributed by atoms with E-state index in [4.69, 9.17) is 0 Å². The molecule has 4 rings (SSSR count). The van der Waals surface area contributed by atoms with Crippen LogP contribution in [0.4, 0.5) is 26.3 Å². The Hall–Kier alpha value is -3.20. The fourth-order valence-electron chi connectivity index (χ4n) is 4.21. The highest BCUT2D eigenvalue weighted by Gasteiger charge is 2.36. The maximum absolute atomic E-state index is 13.2. The Balaban J connectivity index is 1.76. The Kier molecular flexibility index (Phi) is 6.96. The van der Waals surface area contributed by atoms with Gasteiger partial charge in [0.25, 0.3) is 5.56 Å². The number of hydrogen-bond donors (Lipinski definition) is 0. The van der Waals surface area contributed by atoms with Crippen molar-refractivity contribution in [3.8, 4) is 11.1 Å². The Morgan fingerprint density at radius 2 is 1.33 bits per heavy atom. The number of pyridine rings is 1. The molecule has 0 fully saturated rings. The van der Waals surface area contributed by atoms with Crippen LogP contribution in [0.25, 0.3) is 21.9 Å². The fraction of sp³-hybridized carbons (Fsp3) is 0.222. The van der Waals surface area contributed by atoms with Gasteiger partial charge in [-0.25, -0.2) is 0 Å². The van der Waals surface area contributed by atoms with Crippen molar-refractivity contribution in [2.45, 2.75) is 30.8 Å². The number of aryl methyl sites for hydroxylation is 1. The first kappa shape index (κ1) is 25.9. The summed E-state index contributed by atoms with van der Waals surface area (Å²) in [5, 5.41) is 1.27. The number of benzene rings is 3. The van der Waals surface area contributed by atoms with Gasteiger partial charge in [-0.2, -0.15) is 38.1 Å². The van der Waals surface area contributed by atoms with Crippen molar-refractivity contribution in [3.63, 3.8) is 0 Å². The fourth-order valence-corrected chi connectivity index (χ4v) is 5.24. The van der Waals surface area contributed by atoms with Crippen LogP contribution in [0.15, 0.2) is 71.5 Å². The number of fused-ring (bicyclic) bond motifs is 1. The van der Waals surface area contributed by atoms with Crippen molar-refractivity contribution < 1.29 is 26.3 Å². The lowest BCUT2D eigenvalue weighted by Crippen LogP contribution is -2.21. The number of aromatic nitrogens is 1. The van der Waals surface area contributed by atoms with Gasteiger partial charge in [-0.1, -0.05) is 42.5 Å². The van der Waals surface area contributed by atoms with Gasteiger partial charge in [0.1, 0.15) is 0 Å². The summed E-state index contributed by atoms with van der Waals surface area (Å²) in [7, 11) is 1.62. The summed E-state index contributed by atoms with van der Waals surface area (Å²) in [4.78, 5) is 13.1. The predicted octanol–water partition coefficient (Wildman–Crippen LogP) is 7.98. The molecule has 2 nitrogen and oxygen atoms in total. The lowest BCUT2D eigenvalue weighted by atomic mass is 9.94. The minimum Gasteiger partial charge on any atom is -0.314 e. The van der Waals surface area contributed by atoms with Crippen molar-refractivity contribution in [3.05, 3.63) is 105 Å². The molecule has 3 aromatic carbocycles. The minimum atomic E-state index is -4.90. The summed E-state index contributed by atoms with van der Waals surface area (Å²) in [5.74, 6) is 0.110. The Morgan fingerprint density at radius 1 is 0.778 bits per heavy atom. The molecule has 0 saturated carbocycles. The highest BCUT2D eigenvalue weighted by Crippen LogP contribution is 2.38. The average Bonchev–Trinajstić information content (AvgIpc) is 2.82. The molecule has 0 radical (unpaired) electrons. The SMILES string of the molecule is Cc1ccccc1-c1c(CSCc2cc(C(F)(F)F)cc(C(F)(F)F)c2)n(C)c(=O)c2ccccc12. The first-order valence-electron chi connectivity index (χ1n) is 10.9. The van der Waals surface area contributed by atoms with Crippen LogP contribution in [0.1, 0.15) is 27.9 Å². The number of hydrogen-bond acceptors (Lipinski definition) is 2. The van der Waals surface area contributed by atoms with Gasteiger partial charge in [0.15, 0.2) is 0 Å². The summed E-state index contributed by atoms with van der Waals surface area (Å²) < 4.78 is 80.9. The largest absolute Gasteiger partial charge is 0.416 e. The van der Waals surface area contributed by atoms with E-state index in [-0.39, 0.29) is 28.7 Å². The van der Waals surface area contributed by atoms with E-state index < -0.39 is 23.5 Å². The van der Waals surface area contributed by atoms with Crippen LogP contribution in [0.3, 0.4) is 0 Å². The molecule has 0 aliphatic carbocycles. The molecule has 0 spiro atoms. The van der Waals surface area contributed by atoms with Crippen molar-refractivity contribution in [1.82, 2.24) is 4.57 Å². The van der Waals surface area contributed by atoms with Crippen molar-refractivity contribution in [2.75, 3.05) is 0 Å². The van der Waals surface area contributed by atoms with E-state index in [9.17, 15) is 31.1 Å². The summed E-state index contributed by atoms with van der Waals surface area (Å²) in [5.41, 5.74) is 0.332. The van der Waals surface area contributed by atoms with Gasteiger partial charge in [-0.05, 0) is 53.3 Å². The molecular formula is C27H21F6NOS. The van der Waals surface area contributed by atoms with Gasteiger partial charge >= 0.3 is 12.4 Å². The Bertz CT molecular complexity index is 1450. The number of rotatable bonds is 5. The molecule has 0 saturated heterocycles. The molecule has 0 N–H and O–H groups in total. The topological polar surface area (TPSA) is 22.0 Å². The standard InChI is InChI=1S/C27H21F6NOS/c1-16-7-3-4-8-20(16)24-21-9-5-6-10-22(21)25(35)34(2)23(24)15-36-14-17-11-18(26(28,29)30)13-19(12-17)27(31,32)33/h3-13H,14-15H2,1-2H3. The molecule has 0 aliphatic rings. The molecule has 0 aliphatic heterocycles.